The third kappa shape index (κ3) is 3.01. The second kappa shape index (κ2) is 5.13. The molecule has 4 nitrogen and oxygen atoms in total. The van der Waals surface area contributed by atoms with Crippen molar-refractivity contribution < 1.29 is 4.42 Å². The first-order chi connectivity index (χ1) is 8.91. The van der Waals surface area contributed by atoms with Gasteiger partial charge in [0.15, 0.2) is 0 Å². The van der Waals surface area contributed by atoms with Crippen LogP contribution < -0.4 is 5.73 Å². The minimum absolute atomic E-state index is 0.142. The van der Waals surface area contributed by atoms with E-state index in [9.17, 15) is 0 Å². The van der Waals surface area contributed by atoms with E-state index in [-0.39, 0.29) is 11.5 Å². The van der Waals surface area contributed by atoms with Gasteiger partial charge in [-0.15, -0.1) is 10.2 Å². The molecule has 0 bridgehead atoms. The van der Waals surface area contributed by atoms with Crippen molar-refractivity contribution in [3.8, 4) is 11.5 Å². The minimum atomic E-state index is -0.185. The van der Waals surface area contributed by atoms with Crippen LogP contribution in [-0.2, 0) is 5.41 Å². The van der Waals surface area contributed by atoms with E-state index < -0.39 is 0 Å². The van der Waals surface area contributed by atoms with E-state index in [1.54, 1.807) is 0 Å². The highest BCUT2D eigenvalue weighted by Crippen LogP contribution is 2.26. The standard InChI is InChI=1S/C15H21N3O/c1-5-12(16)14-18-17-13(19-14)10-6-8-11(9-7-10)15(2,3)4/h6-9,12H,5,16H2,1-4H3. The SMILES string of the molecule is CCC(N)c1nnc(-c2ccc(C(C)(C)C)cc2)o1. The van der Waals surface area contributed by atoms with Crippen LogP contribution in [0.3, 0.4) is 0 Å². The van der Waals surface area contributed by atoms with Gasteiger partial charge in [0.2, 0.25) is 11.8 Å². The Labute approximate surface area is 114 Å². The van der Waals surface area contributed by atoms with Crippen LogP contribution in [0, 0.1) is 0 Å². The van der Waals surface area contributed by atoms with E-state index in [2.05, 4.69) is 43.1 Å². The van der Waals surface area contributed by atoms with Gasteiger partial charge in [0.25, 0.3) is 0 Å². The van der Waals surface area contributed by atoms with E-state index in [0.717, 1.165) is 12.0 Å². The summed E-state index contributed by atoms with van der Waals surface area (Å²) in [4.78, 5) is 0. The van der Waals surface area contributed by atoms with Crippen LogP contribution in [-0.4, -0.2) is 10.2 Å². The van der Waals surface area contributed by atoms with Gasteiger partial charge < -0.3 is 10.2 Å². The number of hydrogen-bond donors (Lipinski definition) is 1. The molecule has 2 aromatic rings. The first-order valence-corrected chi connectivity index (χ1v) is 6.61. The van der Waals surface area contributed by atoms with Crippen molar-refractivity contribution in [3.05, 3.63) is 35.7 Å². The molecule has 0 radical (unpaired) electrons. The Balaban J connectivity index is 2.25. The van der Waals surface area contributed by atoms with Gasteiger partial charge in [-0.2, -0.15) is 0 Å². The largest absolute Gasteiger partial charge is 0.419 e. The Morgan fingerprint density at radius 2 is 1.79 bits per heavy atom. The van der Waals surface area contributed by atoms with Crippen molar-refractivity contribution in [1.82, 2.24) is 10.2 Å². The van der Waals surface area contributed by atoms with Crippen molar-refractivity contribution >= 4 is 0 Å². The molecule has 0 aliphatic rings. The molecule has 1 aromatic heterocycles. The summed E-state index contributed by atoms with van der Waals surface area (Å²) in [5, 5.41) is 8.04. The van der Waals surface area contributed by atoms with Crippen molar-refractivity contribution in [2.45, 2.75) is 45.6 Å². The number of benzene rings is 1. The van der Waals surface area contributed by atoms with Gasteiger partial charge in [-0.05, 0) is 29.5 Å². The molecule has 0 spiro atoms. The molecule has 0 aliphatic heterocycles. The summed E-state index contributed by atoms with van der Waals surface area (Å²) >= 11 is 0. The van der Waals surface area contributed by atoms with Crippen LogP contribution in [0.5, 0.6) is 0 Å². The van der Waals surface area contributed by atoms with Crippen LogP contribution in [0.15, 0.2) is 28.7 Å². The molecule has 0 saturated carbocycles. The number of aromatic nitrogens is 2. The molecule has 2 rings (SSSR count). The Morgan fingerprint density at radius 1 is 1.16 bits per heavy atom. The molecule has 1 unspecified atom stereocenters. The zero-order valence-electron chi connectivity index (χ0n) is 12.0. The molecule has 4 heteroatoms. The third-order valence-electron chi connectivity index (χ3n) is 3.20. The predicted octanol–water partition coefficient (Wildman–Crippen LogP) is 3.44. The minimum Gasteiger partial charge on any atom is -0.419 e. The van der Waals surface area contributed by atoms with Crippen molar-refractivity contribution in [2.75, 3.05) is 0 Å². The van der Waals surface area contributed by atoms with E-state index in [1.165, 1.54) is 5.56 Å². The summed E-state index contributed by atoms with van der Waals surface area (Å²) < 4.78 is 5.60. The van der Waals surface area contributed by atoms with Crippen LogP contribution in [0.2, 0.25) is 0 Å². The van der Waals surface area contributed by atoms with Gasteiger partial charge in [0.05, 0.1) is 6.04 Å². The summed E-state index contributed by atoms with van der Waals surface area (Å²) in [6.45, 7) is 8.56. The van der Waals surface area contributed by atoms with Crippen molar-refractivity contribution in [3.63, 3.8) is 0 Å². The highest BCUT2D eigenvalue weighted by Gasteiger charge is 2.16. The normalized spacial score (nSPS) is 13.5. The second-order valence-corrected chi connectivity index (χ2v) is 5.79. The van der Waals surface area contributed by atoms with Crippen LogP contribution >= 0.6 is 0 Å². The lowest BCUT2D eigenvalue weighted by molar-refractivity contribution is 0.452. The highest BCUT2D eigenvalue weighted by molar-refractivity contribution is 5.53. The maximum absolute atomic E-state index is 5.87. The fraction of sp³-hybridized carbons (Fsp3) is 0.467. The highest BCUT2D eigenvalue weighted by atomic mass is 16.4. The lowest BCUT2D eigenvalue weighted by Gasteiger charge is -2.18. The van der Waals surface area contributed by atoms with Crippen LogP contribution in [0.4, 0.5) is 0 Å². The molecule has 0 fully saturated rings. The number of nitrogens with two attached hydrogens (primary N) is 1. The average molecular weight is 259 g/mol. The van der Waals surface area contributed by atoms with E-state index in [1.807, 2.05) is 19.1 Å². The van der Waals surface area contributed by atoms with Gasteiger partial charge in [-0.25, -0.2) is 0 Å². The predicted molar refractivity (Wildman–Crippen MR) is 75.7 cm³/mol. The topological polar surface area (TPSA) is 64.9 Å². The van der Waals surface area contributed by atoms with Gasteiger partial charge in [0, 0.05) is 5.56 Å². The lowest BCUT2D eigenvalue weighted by atomic mass is 9.87. The van der Waals surface area contributed by atoms with Crippen LogP contribution in [0.25, 0.3) is 11.5 Å². The fourth-order valence-corrected chi connectivity index (χ4v) is 1.79. The Bertz CT molecular complexity index is 537. The molecule has 2 N–H and O–H groups in total. The molecule has 0 saturated heterocycles. The summed E-state index contributed by atoms with van der Waals surface area (Å²) in [6, 6.07) is 8.03. The quantitative estimate of drug-likeness (QED) is 0.917. The van der Waals surface area contributed by atoms with Crippen molar-refractivity contribution in [1.29, 1.82) is 0 Å². The Morgan fingerprint density at radius 3 is 2.32 bits per heavy atom. The van der Waals surface area contributed by atoms with Crippen molar-refractivity contribution in [2.24, 2.45) is 5.73 Å². The summed E-state index contributed by atoms with van der Waals surface area (Å²) in [5.74, 6) is 1.02. The number of hydrogen-bond acceptors (Lipinski definition) is 4. The Kier molecular flexibility index (Phi) is 3.71. The maximum Gasteiger partial charge on any atom is 0.247 e. The van der Waals surface area contributed by atoms with Gasteiger partial charge in [0.1, 0.15) is 0 Å². The molecular weight excluding hydrogens is 238 g/mol. The molecule has 1 heterocycles. The number of nitrogens with zero attached hydrogens (tertiary/aromatic N) is 2. The molecule has 0 amide bonds. The molecule has 1 aromatic carbocycles. The second-order valence-electron chi connectivity index (χ2n) is 5.79. The average Bonchev–Trinajstić information content (AvgIpc) is 2.86. The fourth-order valence-electron chi connectivity index (χ4n) is 1.79. The molecule has 0 aliphatic carbocycles. The number of rotatable bonds is 3. The zero-order valence-corrected chi connectivity index (χ0v) is 12.0. The van der Waals surface area contributed by atoms with E-state index in [0.29, 0.717) is 11.8 Å². The summed E-state index contributed by atoms with van der Waals surface area (Å²) in [6.07, 6.45) is 0.782. The van der Waals surface area contributed by atoms with E-state index >= 15 is 0 Å². The van der Waals surface area contributed by atoms with Gasteiger partial charge in [-0.1, -0.05) is 39.8 Å². The molecule has 102 valence electrons. The molecular formula is C15H21N3O. The summed E-state index contributed by atoms with van der Waals surface area (Å²) in [7, 11) is 0. The third-order valence-corrected chi connectivity index (χ3v) is 3.20. The summed E-state index contributed by atoms with van der Waals surface area (Å²) in [5.41, 5.74) is 8.22. The first kappa shape index (κ1) is 13.7. The Hall–Kier alpha value is -1.68. The first-order valence-electron chi connectivity index (χ1n) is 6.61. The van der Waals surface area contributed by atoms with Gasteiger partial charge in [-0.3, -0.25) is 0 Å². The molecule has 19 heavy (non-hydrogen) atoms. The van der Waals surface area contributed by atoms with Gasteiger partial charge >= 0.3 is 0 Å². The zero-order chi connectivity index (χ0) is 14.0. The van der Waals surface area contributed by atoms with Crippen LogP contribution in [0.1, 0.15) is 51.6 Å². The monoisotopic (exact) mass is 259 g/mol. The maximum atomic E-state index is 5.87. The van der Waals surface area contributed by atoms with E-state index in [4.69, 9.17) is 10.2 Å². The smallest absolute Gasteiger partial charge is 0.247 e. The molecule has 1 atom stereocenters. The lowest BCUT2D eigenvalue weighted by Crippen LogP contribution is -2.10.